The zero-order valence-electron chi connectivity index (χ0n) is 23.4. The van der Waals surface area contributed by atoms with Gasteiger partial charge in [0, 0.05) is 0 Å². The van der Waals surface area contributed by atoms with E-state index < -0.39 is 20.8 Å². The first kappa shape index (κ1) is 34.5. The van der Waals surface area contributed by atoms with Crippen molar-refractivity contribution in [1.29, 1.82) is 0 Å². The van der Waals surface area contributed by atoms with E-state index in [2.05, 4.69) is 34.6 Å². The van der Waals surface area contributed by atoms with Crippen molar-refractivity contribution in [3.63, 3.8) is 0 Å². The summed E-state index contributed by atoms with van der Waals surface area (Å²) in [5.74, 6) is 9.60. The molecule has 0 aliphatic heterocycles. The van der Waals surface area contributed by atoms with Crippen molar-refractivity contribution in [1.82, 2.24) is 0 Å². The molecular weight excluding hydrogens is 522 g/mol. The van der Waals surface area contributed by atoms with E-state index in [1.165, 1.54) is 38.0 Å². The molecule has 0 aromatic carbocycles. The van der Waals surface area contributed by atoms with E-state index in [1.54, 1.807) is 57.8 Å². The van der Waals surface area contributed by atoms with Crippen LogP contribution in [0.1, 0.15) is 125 Å². The first-order chi connectivity index (χ1) is 14.9. The van der Waals surface area contributed by atoms with E-state index in [0.29, 0.717) is 0 Å². The minimum atomic E-state index is -0.826. The maximum atomic E-state index is 4.93. The van der Waals surface area contributed by atoms with Gasteiger partial charge in [0.1, 0.15) is 0 Å². The fraction of sp³-hybridized carbons (Fsp3) is 0.933. The predicted molar refractivity (Wildman–Crippen MR) is 149 cm³/mol. The monoisotopic (exact) mass is 578 g/mol. The van der Waals surface area contributed by atoms with Crippen molar-refractivity contribution in [3.05, 3.63) is 14.9 Å². The fourth-order valence-corrected chi connectivity index (χ4v) is 7.87. The number of hydrogen-bond acceptors (Lipinski definition) is 0. The van der Waals surface area contributed by atoms with E-state index in [9.17, 15) is 0 Å². The summed E-state index contributed by atoms with van der Waals surface area (Å²) in [5, 5.41) is 0. The summed E-state index contributed by atoms with van der Waals surface area (Å²) in [6.07, 6.45) is 21.5. The molecule has 0 aromatic rings. The second kappa shape index (κ2) is 18.7. The molecule has 4 aliphatic rings. The van der Waals surface area contributed by atoms with E-state index >= 15 is 0 Å². The third kappa shape index (κ3) is 10.8. The number of halogens is 2. The second-order valence-corrected chi connectivity index (χ2v) is 15.6. The molecule has 9 unspecified atom stereocenters. The van der Waals surface area contributed by atoms with Crippen molar-refractivity contribution in [2.24, 2.45) is 53.3 Å². The summed E-state index contributed by atoms with van der Waals surface area (Å²) in [6.45, 7) is 11.9. The third-order valence-electron chi connectivity index (χ3n) is 10.1. The van der Waals surface area contributed by atoms with Gasteiger partial charge in [-0.3, -0.25) is 0 Å². The van der Waals surface area contributed by atoms with Gasteiger partial charge >= 0.3 is 37.9 Å². The van der Waals surface area contributed by atoms with Crippen molar-refractivity contribution in [2.75, 3.05) is 0 Å². The van der Waals surface area contributed by atoms with Crippen LogP contribution in [0.4, 0.5) is 0 Å². The van der Waals surface area contributed by atoms with Crippen molar-refractivity contribution >= 4 is 17.0 Å². The summed E-state index contributed by atoms with van der Waals surface area (Å²) in [7, 11) is 9.87. The van der Waals surface area contributed by atoms with Crippen LogP contribution in [-0.2, 0) is 20.8 Å². The average molecular weight is 581 g/mol. The Bertz CT molecular complexity index is 458. The second-order valence-electron chi connectivity index (χ2n) is 11.9. The van der Waals surface area contributed by atoms with Crippen molar-refractivity contribution < 1.29 is 20.8 Å². The number of rotatable bonds is 5. The van der Waals surface area contributed by atoms with Crippen LogP contribution in [0.2, 0.25) is 0 Å². The molecular formula is C30H58Cl2Zr. The van der Waals surface area contributed by atoms with Crippen LogP contribution in [0.25, 0.3) is 0 Å². The molecule has 0 aromatic heterocycles. The molecule has 4 fully saturated rings. The van der Waals surface area contributed by atoms with Crippen molar-refractivity contribution in [2.45, 2.75) is 125 Å². The average Bonchev–Trinajstić information content (AvgIpc) is 3.24. The van der Waals surface area contributed by atoms with Crippen LogP contribution in [0.3, 0.4) is 0 Å². The standard InChI is InChI=1S/C19H34.C9H18.2CH3.2ClH.Zr/c1-2-3-4-5-8-15-11-12-19-17(13-15)14-16-9-6-7-10-18(16)19;1-6-5-7(2)9(4)8(6)3;;;;;/h15-19H,2-14H2,1H3;6-9H,5H2,1-4H3;2*1H3;2*1H;/q;;2*-1;;;+4/p-2. The quantitative estimate of drug-likeness (QED) is 0.224. The van der Waals surface area contributed by atoms with Gasteiger partial charge in [0.15, 0.2) is 0 Å². The van der Waals surface area contributed by atoms with Gasteiger partial charge in [-0.05, 0) is 85.4 Å². The molecule has 3 heteroatoms. The van der Waals surface area contributed by atoms with Crippen LogP contribution >= 0.6 is 17.0 Å². The number of unbranched alkanes of at least 4 members (excludes halogenated alkanes) is 3. The molecule has 0 saturated heterocycles. The molecule has 0 spiro atoms. The number of hydrogen-bond donors (Lipinski definition) is 0. The Morgan fingerprint density at radius 3 is 1.79 bits per heavy atom. The topological polar surface area (TPSA) is 0 Å². The zero-order chi connectivity index (χ0) is 22.8. The van der Waals surface area contributed by atoms with Crippen LogP contribution in [0.15, 0.2) is 0 Å². The van der Waals surface area contributed by atoms with E-state index in [1.807, 2.05) is 0 Å². The van der Waals surface area contributed by atoms with Gasteiger partial charge in [0.05, 0.1) is 0 Å². The Morgan fingerprint density at radius 2 is 1.24 bits per heavy atom. The van der Waals surface area contributed by atoms with E-state index in [-0.39, 0.29) is 14.9 Å². The van der Waals surface area contributed by atoms with E-state index in [4.69, 9.17) is 17.0 Å². The molecule has 0 heterocycles. The van der Waals surface area contributed by atoms with Crippen LogP contribution in [0.5, 0.6) is 0 Å². The first-order valence-electron chi connectivity index (χ1n) is 13.9. The molecule has 4 saturated carbocycles. The Hall–Kier alpha value is 1.46. The van der Waals surface area contributed by atoms with Crippen LogP contribution < -0.4 is 0 Å². The van der Waals surface area contributed by atoms with Gasteiger partial charge < -0.3 is 14.9 Å². The molecule has 0 N–H and O–H groups in total. The Kier molecular flexibility index (Phi) is 19.5. The Labute approximate surface area is 229 Å². The van der Waals surface area contributed by atoms with Gasteiger partial charge in [-0.15, -0.1) is 0 Å². The number of fused-ring (bicyclic) bond motifs is 3. The van der Waals surface area contributed by atoms with E-state index in [0.717, 1.165) is 47.3 Å². The molecule has 9 atom stereocenters. The summed E-state index contributed by atoms with van der Waals surface area (Å²) >= 11 is -0.826. The van der Waals surface area contributed by atoms with Crippen molar-refractivity contribution in [3.8, 4) is 0 Å². The predicted octanol–water partition coefficient (Wildman–Crippen LogP) is 11.4. The summed E-state index contributed by atoms with van der Waals surface area (Å²) in [4.78, 5) is 0. The van der Waals surface area contributed by atoms with Gasteiger partial charge in [-0.1, -0.05) is 92.4 Å². The minimum absolute atomic E-state index is 0. The van der Waals surface area contributed by atoms with Gasteiger partial charge in [-0.25, -0.2) is 0 Å². The van der Waals surface area contributed by atoms with Gasteiger partial charge in [0.2, 0.25) is 0 Å². The molecule has 196 valence electrons. The molecule has 4 rings (SSSR count). The normalized spacial score (nSPS) is 38.6. The maximum absolute atomic E-state index is 4.93. The fourth-order valence-electron chi connectivity index (χ4n) is 7.87. The molecule has 0 amide bonds. The summed E-state index contributed by atoms with van der Waals surface area (Å²) in [5.41, 5.74) is 0. The van der Waals surface area contributed by atoms with Crippen LogP contribution in [0, 0.1) is 68.1 Å². The summed E-state index contributed by atoms with van der Waals surface area (Å²) < 4.78 is 0. The molecule has 0 bridgehead atoms. The molecule has 4 aliphatic carbocycles. The molecule has 33 heavy (non-hydrogen) atoms. The third-order valence-corrected chi connectivity index (χ3v) is 10.1. The van der Waals surface area contributed by atoms with Gasteiger partial charge in [-0.2, -0.15) is 0 Å². The Morgan fingerprint density at radius 1 is 0.667 bits per heavy atom. The first-order valence-corrected chi connectivity index (χ1v) is 20.2. The Balaban J connectivity index is 0.000000621. The van der Waals surface area contributed by atoms with Crippen LogP contribution in [-0.4, -0.2) is 0 Å². The van der Waals surface area contributed by atoms with Gasteiger partial charge in [0.25, 0.3) is 0 Å². The molecule has 0 radical (unpaired) electrons. The summed E-state index contributed by atoms with van der Waals surface area (Å²) in [6, 6.07) is 0. The zero-order valence-corrected chi connectivity index (χ0v) is 27.3. The molecule has 0 nitrogen and oxygen atoms in total. The SMILES string of the molecule is CC1CC(C)C(C)C1C.CCCCCCC1CCC2C(C1)CC1CCCCC12.[CH3-].[CH3-].[Cl][Zr+2][Cl].